The lowest BCUT2D eigenvalue weighted by Gasteiger charge is -2.12. The molecule has 0 aliphatic carbocycles. The molecule has 52 valence electrons. The van der Waals surface area contributed by atoms with Gasteiger partial charge in [0, 0.05) is 0 Å². The first-order valence-electron chi connectivity index (χ1n) is 2.79. The molecule has 1 aliphatic rings. The normalized spacial score (nSPS) is 21.4. The minimum absolute atomic E-state index is 0.0944. The summed E-state index contributed by atoms with van der Waals surface area (Å²) in [4.78, 5) is 11.0. The number of likely N-dealkylation sites (N-methyl/N-ethyl adjacent to an activating group) is 1. The van der Waals surface area contributed by atoms with Crippen LogP contribution < -0.4 is 0 Å². The van der Waals surface area contributed by atoms with E-state index in [1.54, 1.807) is 20.0 Å². The van der Waals surface area contributed by atoms with Gasteiger partial charge < -0.3 is 5.41 Å². The highest BCUT2D eigenvalue weighted by Gasteiger charge is 2.34. The van der Waals surface area contributed by atoms with Gasteiger partial charge in [-0.1, -0.05) is 5.10 Å². The third-order valence-corrected chi connectivity index (χ3v) is 1.32. The average molecular weight is 137 g/mol. The fourth-order valence-electron chi connectivity index (χ4n) is 0.681. The lowest BCUT2D eigenvalue weighted by molar-refractivity contribution is -0.814. The average Bonchev–Trinajstić information content (AvgIpc) is 2.10. The second-order valence-corrected chi connectivity index (χ2v) is 2.47. The van der Waals surface area contributed by atoms with E-state index in [9.17, 15) is 4.79 Å². The summed E-state index contributed by atoms with van der Waals surface area (Å²) in [6.07, 6.45) is 1.31. The molecule has 0 aromatic heterocycles. The first kappa shape index (κ1) is 6.86. The van der Waals surface area contributed by atoms with Gasteiger partial charge in [-0.15, -0.1) is 4.59 Å². The zero-order chi connectivity index (χ0) is 7.78. The SMILES string of the molecule is C[N+]1(C)N=CC(=C=[N-])C1=O. The largest absolute Gasteiger partial charge is 0.762 e. The molecule has 0 saturated carbocycles. The van der Waals surface area contributed by atoms with E-state index in [0.29, 0.717) is 0 Å². The van der Waals surface area contributed by atoms with E-state index in [2.05, 4.69) is 5.10 Å². The van der Waals surface area contributed by atoms with E-state index in [4.69, 9.17) is 5.41 Å². The number of carbonyl (C=O) groups excluding carboxylic acids is 1. The highest BCUT2D eigenvalue weighted by Crippen LogP contribution is 2.11. The second kappa shape index (κ2) is 1.87. The molecule has 10 heavy (non-hydrogen) atoms. The van der Waals surface area contributed by atoms with Gasteiger partial charge in [-0.3, -0.25) is 0 Å². The lowest BCUT2D eigenvalue weighted by atomic mass is 10.3. The standard InChI is InChI=1S/C6H7N3O/c1-9(2)6(10)5(3-7)4-8-9/h4H,1-2H3. The van der Waals surface area contributed by atoms with Gasteiger partial charge in [0.15, 0.2) is 0 Å². The predicted octanol–water partition coefficient (Wildman–Crippen LogP) is -0.246. The topological polar surface area (TPSA) is 51.7 Å². The summed E-state index contributed by atoms with van der Waals surface area (Å²) in [6.45, 7) is 0. The number of hydrogen-bond donors (Lipinski definition) is 0. The Morgan fingerprint density at radius 3 is 2.50 bits per heavy atom. The third-order valence-electron chi connectivity index (χ3n) is 1.32. The molecule has 0 radical (unpaired) electrons. The number of rotatable bonds is 0. The Bertz CT molecular complexity index is 258. The van der Waals surface area contributed by atoms with Gasteiger partial charge in [0.2, 0.25) is 0 Å². The van der Waals surface area contributed by atoms with Crippen LogP contribution in [0.4, 0.5) is 0 Å². The fraction of sp³-hybridized carbons (Fsp3) is 0.333. The van der Waals surface area contributed by atoms with Crippen LogP contribution in [0.25, 0.3) is 5.41 Å². The smallest absolute Gasteiger partial charge is 0.379 e. The van der Waals surface area contributed by atoms with Crippen molar-refractivity contribution in [3.05, 3.63) is 11.0 Å². The van der Waals surface area contributed by atoms with Crippen molar-refractivity contribution in [2.75, 3.05) is 14.1 Å². The van der Waals surface area contributed by atoms with E-state index in [0.717, 1.165) is 0 Å². The van der Waals surface area contributed by atoms with Crippen LogP contribution in [0.3, 0.4) is 0 Å². The van der Waals surface area contributed by atoms with Crippen molar-refractivity contribution in [2.45, 2.75) is 0 Å². The maximum absolute atomic E-state index is 11.0. The van der Waals surface area contributed by atoms with Crippen molar-refractivity contribution in [1.29, 1.82) is 0 Å². The summed E-state index contributed by atoms with van der Waals surface area (Å²) < 4.78 is -0.0944. The molecular weight excluding hydrogens is 130 g/mol. The summed E-state index contributed by atoms with van der Waals surface area (Å²) >= 11 is 0. The van der Waals surface area contributed by atoms with Crippen molar-refractivity contribution >= 4 is 18.0 Å². The number of quaternary nitrogens is 1. The Morgan fingerprint density at radius 1 is 1.70 bits per heavy atom. The van der Waals surface area contributed by atoms with E-state index in [1.165, 1.54) is 6.21 Å². The summed E-state index contributed by atoms with van der Waals surface area (Å²) in [5.41, 5.74) is 0.130. The number of hydrogen-bond acceptors (Lipinski definition) is 2. The van der Waals surface area contributed by atoms with Crippen molar-refractivity contribution in [2.24, 2.45) is 5.10 Å². The molecule has 0 atom stereocenters. The Labute approximate surface area is 58.6 Å². The number of nitrogens with zero attached hydrogens (tertiary/aromatic N) is 3. The number of carbonyl (C=O) groups is 1. The van der Waals surface area contributed by atoms with Crippen LogP contribution in [0.2, 0.25) is 0 Å². The zero-order valence-electron chi connectivity index (χ0n) is 5.83. The van der Waals surface area contributed by atoms with Crippen LogP contribution >= 0.6 is 0 Å². The quantitative estimate of drug-likeness (QED) is 0.258. The Kier molecular flexibility index (Phi) is 1.28. The number of amides is 1. The van der Waals surface area contributed by atoms with Gasteiger partial charge in [0.1, 0.15) is 25.9 Å². The molecular formula is C6H7N3O. The van der Waals surface area contributed by atoms with Crippen molar-refractivity contribution in [3.8, 4) is 0 Å². The molecule has 0 aromatic carbocycles. The molecule has 0 aromatic rings. The van der Waals surface area contributed by atoms with E-state index in [1.807, 2.05) is 0 Å². The van der Waals surface area contributed by atoms with Gasteiger partial charge in [-0.25, -0.2) is 10.7 Å². The summed E-state index contributed by atoms with van der Waals surface area (Å²) in [5.74, 6) is 1.52. The first-order chi connectivity index (χ1) is 4.58. The maximum Gasteiger partial charge on any atom is 0.379 e. The van der Waals surface area contributed by atoms with Crippen molar-refractivity contribution in [1.82, 2.24) is 0 Å². The van der Waals surface area contributed by atoms with Crippen LogP contribution in [0.5, 0.6) is 0 Å². The first-order valence-corrected chi connectivity index (χ1v) is 2.79. The van der Waals surface area contributed by atoms with Crippen molar-refractivity contribution in [3.63, 3.8) is 0 Å². The van der Waals surface area contributed by atoms with Crippen LogP contribution in [0, 0.1) is 0 Å². The predicted molar refractivity (Wildman–Crippen MR) is 37.5 cm³/mol. The zero-order valence-corrected chi connectivity index (χ0v) is 5.83. The summed E-state index contributed by atoms with van der Waals surface area (Å²) in [6, 6.07) is 0. The fourth-order valence-corrected chi connectivity index (χ4v) is 0.681. The van der Waals surface area contributed by atoms with Crippen LogP contribution in [0.1, 0.15) is 0 Å². The molecule has 1 heterocycles. The van der Waals surface area contributed by atoms with E-state index < -0.39 is 0 Å². The molecule has 4 heteroatoms. The van der Waals surface area contributed by atoms with E-state index >= 15 is 0 Å². The van der Waals surface area contributed by atoms with Crippen LogP contribution in [-0.2, 0) is 4.79 Å². The molecule has 4 nitrogen and oxygen atoms in total. The summed E-state index contributed by atoms with van der Waals surface area (Å²) in [7, 11) is 3.26. The van der Waals surface area contributed by atoms with Gasteiger partial charge in [0.05, 0.1) is 0 Å². The molecule has 0 spiro atoms. The van der Waals surface area contributed by atoms with Gasteiger partial charge in [0.25, 0.3) is 0 Å². The van der Waals surface area contributed by atoms with E-state index in [-0.39, 0.29) is 16.1 Å². The minimum atomic E-state index is -0.248. The van der Waals surface area contributed by atoms with Gasteiger partial charge >= 0.3 is 5.91 Å². The molecule has 0 saturated heterocycles. The summed E-state index contributed by atoms with van der Waals surface area (Å²) in [5, 5.41) is 12.2. The Balaban J connectivity index is 3.11. The van der Waals surface area contributed by atoms with Crippen molar-refractivity contribution < 1.29 is 9.39 Å². The monoisotopic (exact) mass is 137 g/mol. The lowest BCUT2D eigenvalue weighted by Crippen LogP contribution is -2.36. The molecule has 1 rings (SSSR count). The molecule has 0 bridgehead atoms. The van der Waals surface area contributed by atoms with Crippen LogP contribution in [0.15, 0.2) is 10.7 Å². The third kappa shape index (κ3) is 0.795. The molecule has 1 aliphatic heterocycles. The van der Waals surface area contributed by atoms with Crippen LogP contribution in [-0.4, -0.2) is 36.7 Å². The Hall–Kier alpha value is -1.25. The maximum atomic E-state index is 11.0. The second-order valence-electron chi connectivity index (χ2n) is 2.47. The molecule has 0 N–H and O–H groups in total. The van der Waals surface area contributed by atoms with Gasteiger partial charge in [-0.05, 0) is 0 Å². The molecule has 0 unspecified atom stereocenters. The Morgan fingerprint density at radius 2 is 2.30 bits per heavy atom. The highest BCUT2D eigenvalue weighted by molar-refractivity contribution is 6.18. The molecule has 1 amide bonds. The molecule has 0 fully saturated rings. The van der Waals surface area contributed by atoms with Gasteiger partial charge in [-0.2, -0.15) is 0 Å². The highest BCUT2D eigenvalue weighted by atomic mass is 16.2. The minimum Gasteiger partial charge on any atom is -0.762 e.